The molecule has 0 spiro atoms. The van der Waals surface area contributed by atoms with Crippen molar-refractivity contribution >= 4 is 23.5 Å². The zero-order valence-electron chi connectivity index (χ0n) is 11.6. The molecule has 1 aliphatic rings. The molecule has 4 heteroatoms. The fraction of sp³-hybridized carbons (Fsp3) is 0.235. The average molecular weight is 301 g/mol. The van der Waals surface area contributed by atoms with Crippen molar-refractivity contribution in [3.8, 4) is 12.3 Å². The Kier molecular flexibility index (Phi) is 5.62. The van der Waals surface area contributed by atoms with Crippen LogP contribution in [0.1, 0.15) is 12.8 Å². The predicted octanol–water partition coefficient (Wildman–Crippen LogP) is 3.54. The third-order valence-electron chi connectivity index (χ3n) is 3.19. The van der Waals surface area contributed by atoms with Crippen LogP contribution in [0.4, 0.5) is 5.69 Å². The van der Waals surface area contributed by atoms with Crippen LogP contribution in [0.5, 0.6) is 0 Å². The van der Waals surface area contributed by atoms with Crippen LogP contribution >= 0.6 is 11.6 Å². The number of rotatable bonds is 4. The van der Waals surface area contributed by atoms with E-state index >= 15 is 0 Å². The average Bonchev–Trinajstić information content (AvgIpc) is 2.53. The number of nitrogens with two attached hydrogens (primary N) is 1. The Hall–Kier alpha value is -2.02. The molecular formula is C17H17ClN2O. The molecule has 2 rings (SSSR count). The molecule has 2 N–H and O–H groups in total. The highest BCUT2D eigenvalue weighted by Gasteiger charge is 2.23. The molecule has 0 radical (unpaired) electrons. The van der Waals surface area contributed by atoms with E-state index in [1.165, 1.54) is 6.20 Å². The molecule has 1 aliphatic carbocycles. The SMILES string of the molecule is C#CCOC1CC(C=Nc2ccccc2)=C(Cl)/C(=C/N)C1. The van der Waals surface area contributed by atoms with Gasteiger partial charge in [-0.3, -0.25) is 4.99 Å². The van der Waals surface area contributed by atoms with E-state index in [2.05, 4.69) is 10.9 Å². The number of terminal acetylenes is 1. The lowest BCUT2D eigenvalue weighted by Gasteiger charge is -2.24. The molecule has 3 nitrogen and oxygen atoms in total. The van der Waals surface area contributed by atoms with Crippen molar-refractivity contribution in [2.24, 2.45) is 10.7 Å². The minimum absolute atomic E-state index is 0.0180. The molecule has 0 amide bonds. The van der Waals surface area contributed by atoms with E-state index in [4.69, 9.17) is 28.5 Å². The Morgan fingerprint density at radius 1 is 1.38 bits per heavy atom. The van der Waals surface area contributed by atoms with E-state index in [0.717, 1.165) is 16.8 Å². The minimum Gasteiger partial charge on any atom is -0.404 e. The van der Waals surface area contributed by atoms with Crippen molar-refractivity contribution in [2.75, 3.05) is 6.61 Å². The second-order valence-corrected chi connectivity index (χ2v) is 5.05. The summed E-state index contributed by atoms with van der Waals surface area (Å²) in [6.45, 7) is 0.281. The monoisotopic (exact) mass is 300 g/mol. The zero-order valence-corrected chi connectivity index (χ0v) is 12.4. The van der Waals surface area contributed by atoms with Gasteiger partial charge in [-0.05, 0) is 29.5 Å². The third kappa shape index (κ3) is 4.22. The highest BCUT2D eigenvalue weighted by molar-refractivity contribution is 6.33. The van der Waals surface area contributed by atoms with Gasteiger partial charge in [-0.2, -0.15) is 0 Å². The van der Waals surface area contributed by atoms with E-state index in [1.807, 2.05) is 30.3 Å². The number of hydrogen-bond donors (Lipinski definition) is 1. The fourth-order valence-electron chi connectivity index (χ4n) is 2.15. The second-order valence-electron chi connectivity index (χ2n) is 4.67. The van der Waals surface area contributed by atoms with Crippen molar-refractivity contribution < 1.29 is 4.74 Å². The quantitative estimate of drug-likeness (QED) is 0.683. The van der Waals surface area contributed by atoms with E-state index < -0.39 is 0 Å². The Balaban J connectivity index is 2.19. The first-order valence-corrected chi connectivity index (χ1v) is 7.06. The summed E-state index contributed by atoms with van der Waals surface area (Å²) in [5, 5.41) is 0.651. The molecule has 0 bridgehead atoms. The number of para-hydroxylation sites is 1. The van der Waals surface area contributed by atoms with Gasteiger partial charge in [0.1, 0.15) is 6.61 Å². The van der Waals surface area contributed by atoms with Gasteiger partial charge in [-0.1, -0.05) is 35.7 Å². The molecule has 1 aromatic rings. The molecule has 0 aromatic heterocycles. The lowest BCUT2D eigenvalue weighted by atomic mass is 9.93. The zero-order chi connectivity index (χ0) is 15.1. The Morgan fingerprint density at radius 2 is 2.14 bits per heavy atom. The molecular weight excluding hydrogens is 284 g/mol. The molecule has 0 saturated heterocycles. The smallest absolute Gasteiger partial charge is 0.107 e. The van der Waals surface area contributed by atoms with Crippen LogP contribution < -0.4 is 5.73 Å². The summed E-state index contributed by atoms with van der Waals surface area (Å²) in [5.41, 5.74) is 8.28. The summed E-state index contributed by atoms with van der Waals surface area (Å²) in [7, 11) is 0. The largest absolute Gasteiger partial charge is 0.404 e. The molecule has 1 atom stereocenters. The van der Waals surface area contributed by atoms with E-state index in [-0.39, 0.29) is 12.7 Å². The Bertz CT molecular complexity index is 611. The molecule has 0 fully saturated rings. The number of ether oxygens (including phenoxy) is 1. The summed E-state index contributed by atoms with van der Waals surface area (Å²) >= 11 is 6.36. The summed E-state index contributed by atoms with van der Waals surface area (Å²) in [5.74, 6) is 2.48. The number of hydrogen-bond acceptors (Lipinski definition) is 3. The van der Waals surface area contributed by atoms with Crippen molar-refractivity contribution in [3.05, 3.63) is 52.7 Å². The van der Waals surface area contributed by atoms with Crippen LogP contribution in [0.15, 0.2) is 57.7 Å². The van der Waals surface area contributed by atoms with E-state index in [9.17, 15) is 0 Å². The molecule has 0 aliphatic heterocycles. The summed E-state index contributed by atoms with van der Waals surface area (Å²) in [4.78, 5) is 4.43. The van der Waals surface area contributed by atoms with Crippen LogP contribution in [-0.2, 0) is 4.74 Å². The number of nitrogens with zero attached hydrogens (tertiary/aromatic N) is 1. The maximum Gasteiger partial charge on any atom is 0.107 e. The van der Waals surface area contributed by atoms with Crippen LogP contribution in [0, 0.1) is 12.3 Å². The third-order valence-corrected chi connectivity index (χ3v) is 3.67. The maximum atomic E-state index is 6.36. The van der Waals surface area contributed by atoms with Crippen LogP contribution in [0.3, 0.4) is 0 Å². The van der Waals surface area contributed by atoms with Crippen molar-refractivity contribution in [2.45, 2.75) is 18.9 Å². The van der Waals surface area contributed by atoms with Gasteiger partial charge < -0.3 is 10.5 Å². The van der Waals surface area contributed by atoms with Gasteiger partial charge in [-0.25, -0.2) is 0 Å². The normalized spacial score (nSPS) is 21.0. The Morgan fingerprint density at radius 3 is 2.81 bits per heavy atom. The molecule has 0 heterocycles. The van der Waals surface area contributed by atoms with Gasteiger partial charge in [0.2, 0.25) is 0 Å². The summed E-state index contributed by atoms with van der Waals surface area (Å²) in [6.07, 6.45) is 9.84. The second kappa shape index (κ2) is 7.68. The molecule has 108 valence electrons. The first-order valence-electron chi connectivity index (χ1n) is 6.68. The summed E-state index contributed by atoms with van der Waals surface area (Å²) < 4.78 is 5.61. The topological polar surface area (TPSA) is 47.6 Å². The van der Waals surface area contributed by atoms with Crippen molar-refractivity contribution in [3.63, 3.8) is 0 Å². The first kappa shape index (κ1) is 15.4. The number of benzene rings is 1. The minimum atomic E-state index is -0.0180. The van der Waals surface area contributed by atoms with E-state index in [1.54, 1.807) is 6.21 Å². The first-order chi connectivity index (χ1) is 10.2. The van der Waals surface area contributed by atoms with Crippen LogP contribution in [0.25, 0.3) is 0 Å². The highest BCUT2D eigenvalue weighted by atomic mass is 35.5. The van der Waals surface area contributed by atoms with Crippen LogP contribution in [0.2, 0.25) is 0 Å². The number of halogens is 1. The standard InChI is InChI=1S/C17H17ClN2O/c1-2-8-21-16-9-13(11-19)17(18)14(10-16)12-20-15-6-4-3-5-7-15/h1,3-7,11-12,16H,8-10,19H2/b13-11+,20-12?. The molecule has 21 heavy (non-hydrogen) atoms. The number of allylic oxidation sites excluding steroid dienone is 1. The summed E-state index contributed by atoms with van der Waals surface area (Å²) in [6, 6.07) is 9.69. The predicted molar refractivity (Wildman–Crippen MR) is 87.6 cm³/mol. The van der Waals surface area contributed by atoms with Crippen LogP contribution in [-0.4, -0.2) is 18.9 Å². The molecule has 1 unspecified atom stereocenters. The van der Waals surface area contributed by atoms with Gasteiger partial charge in [-0.15, -0.1) is 6.42 Å². The lowest BCUT2D eigenvalue weighted by molar-refractivity contribution is 0.0778. The van der Waals surface area contributed by atoms with Gasteiger partial charge in [0.15, 0.2) is 0 Å². The van der Waals surface area contributed by atoms with Gasteiger partial charge >= 0.3 is 0 Å². The highest BCUT2D eigenvalue weighted by Crippen LogP contribution is 2.33. The fourth-order valence-corrected chi connectivity index (χ4v) is 2.42. The molecule has 1 aromatic carbocycles. The maximum absolute atomic E-state index is 6.36. The lowest BCUT2D eigenvalue weighted by Crippen LogP contribution is -2.21. The number of aliphatic imine (C=N–C) groups is 1. The van der Waals surface area contributed by atoms with Crippen molar-refractivity contribution in [1.29, 1.82) is 0 Å². The Labute approximate surface area is 130 Å². The molecule has 0 saturated carbocycles. The van der Waals surface area contributed by atoms with Crippen molar-refractivity contribution in [1.82, 2.24) is 0 Å². The van der Waals surface area contributed by atoms with Gasteiger partial charge in [0.25, 0.3) is 0 Å². The van der Waals surface area contributed by atoms with E-state index in [0.29, 0.717) is 17.9 Å². The van der Waals surface area contributed by atoms with Gasteiger partial charge in [0, 0.05) is 19.1 Å². The van der Waals surface area contributed by atoms with Gasteiger partial charge in [0.05, 0.1) is 16.8 Å².